The summed E-state index contributed by atoms with van der Waals surface area (Å²) in [5.74, 6) is 0.254. The number of aryl methyl sites for hydroxylation is 1. The summed E-state index contributed by atoms with van der Waals surface area (Å²) in [7, 11) is 0. The van der Waals surface area contributed by atoms with Crippen LogP contribution >= 0.6 is 11.8 Å². The molecule has 0 aliphatic carbocycles. The molecule has 3 aromatic rings. The molecular formula is C21H21N3OS. The molecule has 0 fully saturated rings. The molecule has 0 bridgehead atoms. The maximum Gasteiger partial charge on any atom is 0.234 e. The number of aromatic nitrogens is 2. The van der Waals surface area contributed by atoms with Gasteiger partial charge >= 0.3 is 0 Å². The third-order valence-electron chi connectivity index (χ3n) is 3.87. The first-order valence-electron chi connectivity index (χ1n) is 8.38. The first-order valence-corrected chi connectivity index (χ1v) is 9.37. The van der Waals surface area contributed by atoms with E-state index in [-0.39, 0.29) is 5.91 Å². The maximum atomic E-state index is 12.2. The van der Waals surface area contributed by atoms with Crippen LogP contribution in [0, 0.1) is 6.92 Å². The monoisotopic (exact) mass is 363 g/mol. The normalized spacial score (nSPS) is 10.5. The quantitative estimate of drug-likeness (QED) is 0.486. The Balaban J connectivity index is 1.69. The summed E-state index contributed by atoms with van der Waals surface area (Å²) in [6.45, 7) is 6.50. The van der Waals surface area contributed by atoms with Crippen LogP contribution in [-0.4, -0.2) is 21.2 Å². The predicted molar refractivity (Wildman–Crippen MR) is 108 cm³/mol. The second-order valence-electron chi connectivity index (χ2n) is 5.89. The van der Waals surface area contributed by atoms with Crippen LogP contribution in [0.25, 0.3) is 11.3 Å². The minimum Gasteiger partial charge on any atom is -0.325 e. The summed E-state index contributed by atoms with van der Waals surface area (Å²) in [5.41, 5.74) is 4.09. The molecule has 1 heterocycles. The SMILES string of the molecule is C=CCn1c(-c2ccccc2)cnc1SCC(=O)Nc1ccc(C)cc1. The number of nitrogens with zero attached hydrogens (tertiary/aromatic N) is 2. The molecule has 2 aromatic carbocycles. The van der Waals surface area contributed by atoms with Gasteiger partial charge in [-0.05, 0) is 24.6 Å². The van der Waals surface area contributed by atoms with Gasteiger partial charge in [0.05, 0.1) is 17.6 Å². The number of rotatable bonds is 7. The first kappa shape index (κ1) is 18.0. The van der Waals surface area contributed by atoms with Crippen LogP contribution in [0.2, 0.25) is 0 Å². The number of allylic oxidation sites excluding steroid dienone is 1. The minimum atomic E-state index is -0.0479. The Morgan fingerprint density at radius 3 is 2.62 bits per heavy atom. The predicted octanol–water partition coefficient (Wildman–Crippen LogP) is 4.78. The lowest BCUT2D eigenvalue weighted by Crippen LogP contribution is -2.14. The third kappa shape index (κ3) is 4.43. The molecular weight excluding hydrogens is 342 g/mol. The Bertz CT molecular complexity index is 885. The minimum absolute atomic E-state index is 0.0479. The molecule has 5 heteroatoms. The Kier molecular flexibility index (Phi) is 5.92. The molecule has 132 valence electrons. The Labute approximate surface area is 158 Å². The molecule has 0 spiro atoms. The number of nitrogens with one attached hydrogen (secondary N) is 1. The van der Waals surface area contributed by atoms with E-state index in [4.69, 9.17) is 0 Å². The van der Waals surface area contributed by atoms with Gasteiger partial charge in [0.25, 0.3) is 0 Å². The fourth-order valence-corrected chi connectivity index (χ4v) is 3.37. The summed E-state index contributed by atoms with van der Waals surface area (Å²) in [5, 5.41) is 3.72. The smallest absolute Gasteiger partial charge is 0.234 e. The van der Waals surface area contributed by atoms with Gasteiger partial charge in [0.1, 0.15) is 0 Å². The molecule has 26 heavy (non-hydrogen) atoms. The summed E-state index contributed by atoms with van der Waals surface area (Å²) < 4.78 is 2.08. The Morgan fingerprint density at radius 1 is 1.19 bits per heavy atom. The average molecular weight is 363 g/mol. The number of amides is 1. The van der Waals surface area contributed by atoms with E-state index in [9.17, 15) is 4.79 Å². The number of thioether (sulfide) groups is 1. The molecule has 1 amide bonds. The highest BCUT2D eigenvalue weighted by Crippen LogP contribution is 2.26. The molecule has 1 aromatic heterocycles. The molecule has 0 unspecified atom stereocenters. The van der Waals surface area contributed by atoms with E-state index in [1.807, 2.05) is 61.7 Å². The molecule has 4 nitrogen and oxygen atoms in total. The molecule has 0 aliphatic rings. The molecule has 0 aliphatic heterocycles. The lowest BCUT2D eigenvalue weighted by Gasteiger charge is -2.10. The van der Waals surface area contributed by atoms with Crippen LogP contribution in [0.4, 0.5) is 5.69 Å². The lowest BCUT2D eigenvalue weighted by atomic mass is 10.2. The van der Waals surface area contributed by atoms with Crippen LogP contribution in [0.15, 0.2) is 78.6 Å². The number of imidazole rings is 1. The van der Waals surface area contributed by atoms with Crippen LogP contribution in [0.1, 0.15) is 5.56 Å². The number of hydrogen-bond donors (Lipinski definition) is 1. The second-order valence-corrected chi connectivity index (χ2v) is 6.84. The molecule has 0 radical (unpaired) electrons. The fraction of sp³-hybridized carbons (Fsp3) is 0.143. The van der Waals surface area contributed by atoms with Crippen molar-refractivity contribution < 1.29 is 4.79 Å². The average Bonchev–Trinajstić information content (AvgIpc) is 3.06. The summed E-state index contributed by atoms with van der Waals surface area (Å²) in [4.78, 5) is 16.7. The number of anilines is 1. The number of hydrogen-bond acceptors (Lipinski definition) is 3. The van der Waals surface area contributed by atoms with Gasteiger partial charge in [-0.2, -0.15) is 0 Å². The van der Waals surface area contributed by atoms with Crippen molar-refractivity contribution in [2.75, 3.05) is 11.1 Å². The van der Waals surface area contributed by atoms with Gasteiger partial charge in [-0.3, -0.25) is 4.79 Å². The van der Waals surface area contributed by atoms with Gasteiger partial charge in [-0.1, -0.05) is 65.9 Å². The molecule has 0 saturated heterocycles. The van der Waals surface area contributed by atoms with Crippen molar-refractivity contribution in [3.63, 3.8) is 0 Å². The van der Waals surface area contributed by atoms with Crippen molar-refractivity contribution in [3.8, 4) is 11.3 Å². The van der Waals surface area contributed by atoms with Crippen LogP contribution in [0.5, 0.6) is 0 Å². The van der Waals surface area contributed by atoms with E-state index in [0.717, 1.165) is 27.7 Å². The standard InChI is InChI=1S/C21H21N3OS/c1-3-13-24-19(17-7-5-4-6-8-17)14-22-21(24)26-15-20(25)23-18-11-9-16(2)10-12-18/h3-12,14H,1,13,15H2,2H3,(H,23,25). The maximum absolute atomic E-state index is 12.2. The number of carbonyl (C=O) groups excluding carboxylic acids is 1. The van der Waals surface area contributed by atoms with E-state index in [1.54, 1.807) is 0 Å². The zero-order valence-electron chi connectivity index (χ0n) is 14.7. The zero-order valence-corrected chi connectivity index (χ0v) is 15.5. The first-order chi connectivity index (χ1) is 12.7. The highest BCUT2D eigenvalue weighted by Gasteiger charge is 2.13. The molecule has 1 N–H and O–H groups in total. The topological polar surface area (TPSA) is 46.9 Å². The van der Waals surface area contributed by atoms with Gasteiger partial charge in [-0.15, -0.1) is 6.58 Å². The van der Waals surface area contributed by atoms with Gasteiger partial charge in [0.15, 0.2) is 5.16 Å². The second kappa shape index (κ2) is 8.54. The third-order valence-corrected chi connectivity index (χ3v) is 4.86. The van der Waals surface area contributed by atoms with E-state index < -0.39 is 0 Å². The van der Waals surface area contributed by atoms with Crippen LogP contribution in [-0.2, 0) is 11.3 Å². The van der Waals surface area contributed by atoms with E-state index >= 15 is 0 Å². The van der Waals surface area contributed by atoms with Crippen molar-refractivity contribution in [3.05, 3.63) is 79.0 Å². The van der Waals surface area contributed by atoms with Crippen molar-refractivity contribution in [2.24, 2.45) is 0 Å². The number of benzene rings is 2. The van der Waals surface area contributed by atoms with Crippen molar-refractivity contribution >= 4 is 23.4 Å². The fourth-order valence-electron chi connectivity index (χ4n) is 2.58. The highest BCUT2D eigenvalue weighted by molar-refractivity contribution is 7.99. The van der Waals surface area contributed by atoms with Crippen LogP contribution in [0.3, 0.4) is 0 Å². The van der Waals surface area contributed by atoms with Gasteiger partial charge in [0, 0.05) is 12.2 Å². The Morgan fingerprint density at radius 2 is 1.92 bits per heavy atom. The van der Waals surface area contributed by atoms with Crippen LogP contribution < -0.4 is 5.32 Å². The van der Waals surface area contributed by atoms with Crippen molar-refractivity contribution in [2.45, 2.75) is 18.6 Å². The lowest BCUT2D eigenvalue weighted by molar-refractivity contribution is -0.113. The Hall–Kier alpha value is -2.79. The summed E-state index contributed by atoms with van der Waals surface area (Å²) >= 11 is 1.43. The van der Waals surface area contributed by atoms with Gasteiger partial charge in [-0.25, -0.2) is 4.98 Å². The zero-order chi connectivity index (χ0) is 18.4. The van der Waals surface area contributed by atoms with E-state index in [2.05, 4.69) is 33.6 Å². The largest absolute Gasteiger partial charge is 0.325 e. The van der Waals surface area contributed by atoms with E-state index in [1.165, 1.54) is 11.8 Å². The highest BCUT2D eigenvalue weighted by atomic mass is 32.2. The van der Waals surface area contributed by atoms with Gasteiger partial charge in [0.2, 0.25) is 5.91 Å². The summed E-state index contributed by atoms with van der Waals surface area (Å²) in [6.07, 6.45) is 3.68. The summed E-state index contributed by atoms with van der Waals surface area (Å²) in [6, 6.07) is 17.9. The van der Waals surface area contributed by atoms with Crippen molar-refractivity contribution in [1.82, 2.24) is 9.55 Å². The molecule has 3 rings (SSSR count). The molecule has 0 saturated carbocycles. The van der Waals surface area contributed by atoms with Crippen molar-refractivity contribution in [1.29, 1.82) is 0 Å². The molecule has 0 atom stereocenters. The van der Waals surface area contributed by atoms with Gasteiger partial charge < -0.3 is 9.88 Å². The van der Waals surface area contributed by atoms with E-state index in [0.29, 0.717) is 12.3 Å². The number of carbonyl (C=O) groups is 1.